The fraction of sp³-hybridized carbons (Fsp3) is 0.214. The number of amidine groups is 1. The number of thiophene rings is 1. The molecule has 0 N–H and O–H groups in total. The molecule has 102 valence electrons. The molecule has 0 unspecified atom stereocenters. The minimum Gasteiger partial charge on any atom is -0.317 e. The lowest BCUT2D eigenvalue weighted by Gasteiger charge is -2.17. The van der Waals surface area contributed by atoms with Crippen LogP contribution in [0.1, 0.15) is 5.56 Å². The minimum atomic E-state index is -0.130. The Labute approximate surface area is 128 Å². The van der Waals surface area contributed by atoms with Crippen molar-refractivity contribution in [2.24, 2.45) is 4.99 Å². The molecule has 0 fully saturated rings. The molecule has 1 aromatic carbocycles. The van der Waals surface area contributed by atoms with Gasteiger partial charge < -0.3 is 4.90 Å². The average molecular weight is 322 g/mol. The Morgan fingerprint density at radius 2 is 2.30 bits per heavy atom. The topological polar surface area (TPSA) is 15.6 Å². The van der Waals surface area contributed by atoms with Crippen molar-refractivity contribution >= 4 is 55.8 Å². The molecule has 0 amide bonds. The normalized spacial score (nSPS) is 18.1. The molecular weight excluding hydrogens is 311 g/mol. The van der Waals surface area contributed by atoms with Gasteiger partial charge in [0.1, 0.15) is 5.82 Å². The van der Waals surface area contributed by atoms with Crippen molar-refractivity contribution in [3.05, 3.63) is 39.2 Å². The van der Waals surface area contributed by atoms with E-state index in [4.69, 9.17) is 0 Å². The van der Waals surface area contributed by atoms with Crippen molar-refractivity contribution in [1.82, 2.24) is 4.90 Å². The third-order valence-electron chi connectivity index (χ3n) is 3.41. The van der Waals surface area contributed by atoms with Gasteiger partial charge in [0, 0.05) is 12.1 Å². The van der Waals surface area contributed by atoms with Crippen molar-refractivity contribution < 1.29 is 4.39 Å². The van der Waals surface area contributed by atoms with E-state index in [1.807, 2.05) is 11.4 Å². The van der Waals surface area contributed by atoms with Gasteiger partial charge in [0.05, 0.1) is 21.2 Å². The molecule has 2 nitrogen and oxygen atoms in total. The summed E-state index contributed by atoms with van der Waals surface area (Å²) in [6, 6.07) is 5.72. The van der Waals surface area contributed by atoms with Crippen LogP contribution >= 0.6 is 34.9 Å². The van der Waals surface area contributed by atoms with Crippen LogP contribution in [0.5, 0.6) is 0 Å². The second-order valence-corrected chi connectivity index (χ2v) is 7.52. The van der Waals surface area contributed by atoms with E-state index in [0.29, 0.717) is 0 Å². The lowest BCUT2D eigenvalue weighted by molar-refractivity contribution is 0.633. The zero-order valence-electron chi connectivity index (χ0n) is 10.7. The van der Waals surface area contributed by atoms with Gasteiger partial charge in [-0.25, -0.2) is 4.39 Å². The minimum absolute atomic E-state index is 0.130. The van der Waals surface area contributed by atoms with Crippen molar-refractivity contribution in [1.29, 1.82) is 0 Å². The molecular formula is C14H11FN2S3. The smallest absolute Gasteiger partial charge is 0.169 e. The van der Waals surface area contributed by atoms with Crippen molar-refractivity contribution in [3.8, 4) is 0 Å². The second-order valence-electron chi connectivity index (χ2n) is 4.56. The van der Waals surface area contributed by atoms with Crippen LogP contribution in [0, 0.1) is 5.82 Å². The molecule has 1 aromatic heterocycles. The summed E-state index contributed by atoms with van der Waals surface area (Å²) in [6.07, 6.45) is 2.06. The Morgan fingerprint density at radius 1 is 1.40 bits per heavy atom. The first kappa shape index (κ1) is 12.7. The number of thioether (sulfide) groups is 2. The Hall–Kier alpha value is -0.980. The van der Waals surface area contributed by atoms with Crippen LogP contribution in [0.25, 0.3) is 15.8 Å². The number of hydrogen-bond acceptors (Lipinski definition) is 5. The van der Waals surface area contributed by atoms with Gasteiger partial charge in [-0.1, -0.05) is 0 Å². The molecule has 0 saturated heterocycles. The highest BCUT2D eigenvalue weighted by Crippen LogP contribution is 2.46. The summed E-state index contributed by atoms with van der Waals surface area (Å²) >= 11 is 4.85. The second kappa shape index (κ2) is 4.79. The maximum absolute atomic E-state index is 14.2. The molecule has 6 heteroatoms. The van der Waals surface area contributed by atoms with Crippen LogP contribution in [-0.4, -0.2) is 29.4 Å². The largest absolute Gasteiger partial charge is 0.317 e. The van der Waals surface area contributed by atoms with Gasteiger partial charge in [-0.05, 0) is 47.0 Å². The maximum atomic E-state index is 14.2. The van der Waals surface area contributed by atoms with E-state index >= 15 is 0 Å². The molecule has 0 atom stereocenters. The first-order valence-corrected chi connectivity index (χ1v) is 9.15. The highest BCUT2D eigenvalue weighted by molar-refractivity contribution is 8.30. The van der Waals surface area contributed by atoms with Gasteiger partial charge in [0.25, 0.3) is 0 Å². The van der Waals surface area contributed by atoms with E-state index in [-0.39, 0.29) is 5.82 Å². The summed E-state index contributed by atoms with van der Waals surface area (Å²) in [5.41, 5.74) is 2.07. The number of fused-ring (bicyclic) bond motifs is 2. The number of aliphatic imine (C=N–C) groups is 1. The van der Waals surface area contributed by atoms with Crippen LogP contribution in [0.2, 0.25) is 0 Å². The van der Waals surface area contributed by atoms with Crippen LogP contribution in [0.15, 0.2) is 32.8 Å². The average Bonchev–Trinajstić information content (AvgIpc) is 3.12. The number of halogens is 1. The molecule has 0 aliphatic carbocycles. The van der Waals surface area contributed by atoms with Crippen molar-refractivity contribution in [3.63, 3.8) is 0 Å². The van der Waals surface area contributed by atoms with E-state index in [9.17, 15) is 4.39 Å². The quantitative estimate of drug-likeness (QED) is 0.812. The van der Waals surface area contributed by atoms with E-state index in [1.54, 1.807) is 29.6 Å². The summed E-state index contributed by atoms with van der Waals surface area (Å²) in [5.74, 6) is -0.130. The van der Waals surface area contributed by atoms with E-state index < -0.39 is 0 Å². The molecule has 0 bridgehead atoms. The van der Waals surface area contributed by atoms with Gasteiger partial charge in [-0.2, -0.15) is 0 Å². The zero-order chi connectivity index (χ0) is 13.7. The highest BCUT2D eigenvalue weighted by atomic mass is 32.2. The Morgan fingerprint density at radius 3 is 3.15 bits per heavy atom. The molecule has 3 heterocycles. The van der Waals surface area contributed by atoms with Crippen LogP contribution < -0.4 is 0 Å². The lowest BCUT2D eigenvalue weighted by atomic mass is 10.1. The fourth-order valence-corrected chi connectivity index (χ4v) is 5.25. The standard InChI is InChI=1S/C14H11FN2S3/c1-18-13-11(17-4-3-16-14(17)20-13)9-6-8-2-5-19-12(8)10(15)7-9/h2,5-7H,3-4H2,1H3. The molecule has 2 aromatic rings. The van der Waals surface area contributed by atoms with E-state index in [2.05, 4.69) is 22.2 Å². The van der Waals surface area contributed by atoms with Crippen molar-refractivity contribution in [2.45, 2.75) is 0 Å². The number of hydrogen-bond donors (Lipinski definition) is 0. The predicted molar refractivity (Wildman–Crippen MR) is 88.8 cm³/mol. The highest BCUT2D eigenvalue weighted by Gasteiger charge is 2.33. The summed E-state index contributed by atoms with van der Waals surface area (Å²) < 4.78 is 16.2. The summed E-state index contributed by atoms with van der Waals surface area (Å²) in [6.45, 7) is 1.72. The van der Waals surface area contributed by atoms with Gasteiger partial charge in [-0.3, -0.25) is 4.99 Å². The molecule has 0 spiro atoms. The number of benzene rings is 1. The molecule has 0 saturated carbocycles. The van der Waals surface area contributed by atoms with Gasteiger partial charge >= 0.3 is 0 Å². The number of nitrogens with zero attached hydrogens (tertiary/aromatic N) is 2. The van der Waals surface area contributed by atoms with Gasteiger partial charge in [0.15, 0.2) is 5.17 Å². The first-order valence-electron chi connectivity index (χ1n) is 6.23. The zero-order valence-corrected chi connectivity index (χ0v) is 13.2. The van der Waals surface area contributed by atoms with Crippen LogP contribution in [0.4, 0.5) is 4.39 Å². The third-order valence-corrected chi connectivity index (χ3v) is 6.58. The van der Waals surface area contributed by atoms with Gasteiger partial charge in [0.2, 0.25) is 0 Å². The number of rotatable bonds is 2. The molecule has 0 radical (unpaired) electrons. The fourth-order valence-electron chi connectivity index (χ4n) is 2.55. The first-order chi connectivity index (χ1) is 9.78. The van der Waals surface area contributed by atoms with Crippen molar-refractivity contribution in [2.75, 3.05) is 19.3 Å². The molecule has 4 rings (SSSR count). The Bertz CT molecular complexity index is 763. The summed E-state index contributed by atoms with van der Waals surface area (Å²) in [5, 5.41) is 3.97. The molecule has 2 aliphatic rings. The monoisotopic (exact) mass is 322 g/mol. The summed E-state index contributed by atoms with van der Waals surface area (Å²) in [7, 11) is 0. The van der Waals surface area contributed by atoms with Crippen LogP contribution in [0.3, 0.4) is 0 Å². The lowest BCUT2D eigenvalue weighted by Crippen LogP contribution is -2.20. The predicted octanol–water partition coefficient (Wildman–Crippen LogP) is 4.45. The maximum Gasteiger partial charge on any atom is 0.169 e. The third kappa shape index (κ3) is 1.82. The molecule has 20 heavy (non-hydrogen) atoms. The van der Waals surface area contributed by atoms with Crippen LogP contribution in [-0.2, 0) is 0 Å². The van der Waals surface area contributed by atoms with E-state index in [0.717, 1.165) is 39.6 Å². The summed E-state index contributed by atoms with van der Waals surface area (Å²) in [4.78, 5) is 6.72. The SMILES string of the molecule is CSC1=C(c2cc(F)c3sccc3c2)N2CCN=C2S1. The van der Waals surface area contributed by atoms with Gasteiger partial charge in [-0.15, -0.1) is 23.1 Å². The Balaban J connectivity index is 1.90. The molecule has 2 aliphatic heterocycles. The van der Waals surface area contributed by atoms with E-state index in [1.165, 1.54) is 15.6 Å². The Kier molecular flexibility index (Phi) is 3.05.